The average Bonchev–Trinajstić information content (AvgIpc) is 2.83. The van der Waals surface area contributed by atoms with Gasteiger partial charge in [0, 0.05) is 10.6 Å². The van der Waals surface area contributed by atoms with Crippen LogP contribution in [0.5, 0.6) is 0 Å². The third-order valence-corrected chi connectivity index (χ3v) is 5.64. The van der Waals surface area contributed by atoms with Gasteiger partial charge in [0.1, 0.15) is 11.1 Å². The summed E-state index contributed by atoms with van der Waals surface area (Å²) in [5.74, 6) is -0.429. The molecule has 1 aromatic heterocycles. The molecule has 2 aromatic rings. The summed E-state index contributed by atoms with van der Waals surface area (Å²) in [6.45, 7) is 9.88. The molecule has 1 aromatic carbocycles. The Morgan fingerprint density at radius 1 is 1.04 bits per heavy atom. The first-order valence-corrected chi connectivity index (χ1v) is 9.80. The molecule has 0 radical (unpaired) electrons. The van der Waals surface area contributed by atoms with E-state index < -0.39 is 0 Å². The zero-order valence-electron chi connectivity index (χ0n) is 17.2. The Hall–Kier alpha value is -2.69. The van der Waals surface area contributed by atoms with Crippen molar-refractivity contribution in [2.24, 2.45) is 0 Å². The quantitative estimate of drug-likeness (QED) is 0.777. The molecule has 2 amide bonds. The molecule has 0 unspecified atom stereocenters. The summed E-state index contributed by atoms with van der Waals surface area (Å²) in [7, 11) is 1.71. The predicted octanol–water partition coefficient (Wildman–Crippen LogP) is 3.67. The van der Waals surface area contributed by atoms with Crippen molar-refractivity contribution in [3.05, 3.63) is 44.8 Å². The number of nitriles is 1. The topological polar surface area (TPSA) is 85.2 Å². The number of hydrogen-bond acceptors (Lipinski definition) is 5. The van der Waals surface area contributed by atoms with Crippen LogP contribution in [0.2, 0.25) is 0 Å². The number of hydrogen-bond donors (Lipinski definition) is 2. The van der Waals surface area contributed by atoms with Crippen LogP contribution in [0.15, 0.2) is 12.1 Å². The molecular formula is C21H26N4O2S. The molecule has 6 nitrogen and oxygen atoms in total. The van der Waals surface area contributed by atoms with Gasteiger partial charge in [-0.3, -0.25) is 14.5 Å². The van der Waals surface area contributed by atoms with E-state index in [0.717, 1.165) is 32.8 Å². The van der Waals surface area contributed by atoms with E-state index in [0.29, 0.717) is 10.6 Å². The molecule has 0 atom stereocenters. The lowest BCUT2D eigenvalue weighted by Crippen LogP contribution is -2.36. The van der Waals surface area contributed by atoms with Crippen LogP contribution in [0.25, 0.3) is 0 Å². The highest BCUT2D eigenvalue weighted by atomic mass is 32.1. The lowest BCUT2D eigenvalue weighted by Gasteiger charge is -2.17. The lowest BCUT2D eigenvalue weighted by atomic mass is 10.1. The fourth-order valence-electron chi connectivity index (χ4n) is 3.12. The standard InChI is InChI=1S/C21H26N4O2S/c1-12-7-13(2)20(14(3)8-12)23-18(26)10-25(6)11-19(27)24-21-17(9-22)15(4)16(5)28-21/h7-8H,10-11H2,1-6H3,(H,23,26)(H,24,27). The molecule has 7 heteroatoms. The predicted molar refractivity (Wildman–Crippen MR) is 114 cm³/mol. The fourth-order valence-corrected chi connectivity index (χ4v) is 4.15. The first-order valence-electron chi connectivity index (χ1n) is 8.98. The van der Waals surface area contributed by atoms with Gasteiger partial charge >= 0.3 is 0 Å². The van der Waals surface area contributed by atoms with Crippen LogP contribution >= 0.6 is 11.3 Å². The summed E-state index contributed by atoms with van der Waals surface area (Å²) in [6.07, 6.45) is 0. The molecule has 0 spiro atoms. The minimum atomic E-state index is -0.254. The number of carbonyl (C=O) groups excluding carboxylic acids is 2. The van der Waals surface area contributed by atoms with Crippen molar-refractivity contribution in [1.82, 2.24) is 4.90 Å². The van der Waals surface area contributed by atoms with Gasteiger partial charge in [-0.15, -0.1) is 11.3 Å². The average molecular weight is 399 g/mol. The van der Waals surface area contributed by atoms with Gasteiger partial charge in [0.2, 0.25) is 11.8 Å². The monoisotopic (exact) mass is 398 g/mol. The highest BCUT2D eigenvalue weighted by molar-refractivity contribution is 7.16. The fraction of sp³-hybridized carbons (Fsp3) is 0.381. The Kier molecular flexibility index (Phi) is 6.95. The molecule has 0 saturated heterocycles. The number of nitrogens with one attached hydrogen (secondary N) is 2. The number of carbonyl (C=O) groups is 2. The Labute approximate surface area is 170 Å². The number of anilines is 2. The SMILES string of the molecule is Cc1cc(C)c(NC(=O)CN(C)CC(=O)Nc2sc(C)c(C)c2C#N)c(C)c1. The van der Waals surface area contributed by atoms with Crippen LogP contribution in [-0.4, -0.2) is 36.9 Å². The largest absolute Gasteiger partial charge is 0.324 e. The Morgan fingerprint density at radius 3 is 2.11 bits per heavy atom. The van der Waals surface area contributed by atoms with E-state index in [9.17, 15) is 14.9 Å². The zero-order valence-corrected chi connectivity index (χ0v) is 18.0. The number of rotatable bonds is 6. The van der Waals surface area contributed by atoms with Gasteiger partial charge in [0.05, 0.1) is 18.7 Å². The van der Waals surface area contributed by atoms with Crippen molar-refractivity contribution in [2.75, 3.05) is 30.8 Å². The second kappa shape index (κ2) is 9.00. The summed E-state index contributed by atoms with van der Waals surface area (Å²) in [5.41, 5.74) is 5.38. The van der Waals surface area contributed by atoms with Crippen LogP contribution < -0.4 is 10.6 Å². The molecule has 0 saturated carbocycles. The van der Waals surface area contributed by atoms with Crippen LogP contribution in [0.3, 0.4) is 0 Å². The van der Waals surface area contributed by atoms with Crippen LogP contribution in [-0.2, 0) is 9.59 Å². The lowest BCUT2D eigenvalue weighted by molar-refractivity contribution is -0.119. The second-order valence-corrected chi connectivity index (χ2v) is 8.37. The maximum Gasteiger partial charge on any atom is 0.239 e. The van der Waals surface area contributed by atoms with Gasteiger partial charge in [0.25, 0.3) is 0 Å². The van der Waals surface area contributed by atoms with Crippen molar-refractivity contribution in [3.8, 4) is 6.07 Å². The summed E-state index contributed by atoms with van der Waals surface area (Å²) >= 11 is 1.39. The van der Waals surface area contributed by atoms with Crippen molar-refractivity contribution in [3.63, 3.8) is 0 Å². The van der Waals surface area contributed by atoms with Crippen molar-refractivity contribution in [1.29, 1.82) is 5.26 Å². The summed E-state index contributed by atoms with van der Waals surface area (Å²) in [5, 5.41) is 15.6. The van der Waals surface area contributed by atoms with Gasteiger partial charge < -0.3 is 10.6 Å². The van der Waals surface area contributed by atoms with E-state index in [1.54, 1.807) is 11.9 Å². The molecular weight excluding hydrogens is 372 g/mol. The number of aryl methyl sites for hydroxylation is 4. The van der Waals surface area contributed by atoms with Crippen LogP contribution in [0.1, 0.15) is 32.7 Å². The molecule has 1 heterocycles. The Balaban J connectivity index is 1.94. The molecule has 0 aliphatic rings. The first kappa shape index (κ1) is 21.6. The number of nitrogens with zero attached hydrogens (tertiary/aromatic N) is 2. The summed E-state index contributed by atoms with van der Waals surface area (Å²) in [4.78, 5) is 27.3. The number of thiophene rings is 1. The van der Waals surface area contributed by atoms with Crippen molar-refractivity contribution in [2.45, 2.75) is 34.6 Å². The van der Waals surface area contributed by atoms with Crippen LogP contribution in [0.4, 0.5) is 10.7 Å². The van der Waals surface area contributed by atoms with E-state index in [1.165, 1.54) is 11.3 Å². The van der Waals surface area contributed by atoms with E-state index in [-0.39, 0.29) is 24.9 Å². The normalized spacial score (nSPS) is 10.6. The second-order valence-electron chi connectivity index (χ2n) is 7.14. The Morgan fingerprint density at radius 2 is 1.57 bits per heavy atom. The molecule has 148 valence electrons. The number of likely N-dealkylation sites (N-methyl/N-ethyl adjacent to an activating group) is 1. The van der Waals surface area contributed by atoms with E-state index >= 15 is 0 Å². The minimum Gasteiger partial charge on any atom is -0.324 e. The molecule has 0 fully saturated rings. The molecule has 0 bridgehead atoms. The van der Waals surface area contributed by atoms with Gasteiger partial charge in [-0.2, -0.15) is 5.26 Å². The number of amides is 2. The molecule has 0 aliphatic carbocycles. The van der Waals surface area contributed by atoms with Crippen molar-refractivity contribution >= 4 is 33.8 Å². The highest BCUT2D eigenvalue weighted by Gasteiger charge is 2.17. The van der Waals surface area contributed by atoms with E-state index in [1.807, 2.05) is 46.8 Å². The highest BCUT2D eigenvalue weighted by Crippen LogP contribution is 2.31. The summed E-state index contributed by atoms with van der Waals surface area (Å²) < 4.78 is 0. The molecule has 28 heavy (non-hydrogen) atoms. The van der Waals surface area contributed by atoms with Gasteiger partial charge in [-0.1, -0.05) is 17.7 Å². The summed E-state index contributed by atoms with van der Waals surface area (Å²) in [6, 6.07) is 6.19. The van der Waals surface area contributed by atoms with Crippen LogP contribution in [0, 0.1) is 45.9 Å². The van der Waals surface area contributed by atoms with E-state index in [2.05, 4.69) is 16.7 Å². The van der Waals surface area contributed by atoms with Gasteiger partial charge in [-0.05, 0) is 58.4 Å². The zero-order chi connectivity index (χ0) is 21.0. The maximum atomic E-state index is 12.4. The molecule has 0 aliphatic heterocycles. The smallest absolute Gasteiger partial charge is 0.239 e. The molecule has 2 rings (SSSR count). The van der Waals surface area contributed by atoms with Gasteiger partial charge in [-0.25, -0.2) is 0 Å². The Bertz CT molecular complexity index is 933. The first-order chi connectivity index (χ1) is 13.1. The maximum absolute atomic E-state index is 12.4. The third kappa shape index (κ3) is 5.18. The molecule has 2 N–H and O–H groups in total. The van der Waals surface area contributed by atoms with Gasteiger partial charge in [0.15, 0.2) is 0 Å². The minimum absolute atomic E-state index is 0.0557. The van der Waals surface area contributed by atoms with Crippen molar-refractivity contribution < 1.29 is 9.59 Å². The number of benzene rings is 1. The van der Waals surface area contributed by atoms with E-state index in [4.69, 9.17) is 0 Å². The third-order valence-electron chi connectivity index (χ3n) is 4.52.